The minimum absolute atomic E-state index is 0.548. The fraction of sp³-hybridized carbons (Fsp3) is 0.176. The first kappa shape index (κ1) is 14.4. The van der Waals surface area contributed by atoms with Gasteiger partial charge in [0.05, 0.1) is 4.34 Å². The lowest BCUT2D eigenvalue weighted by Gasteiger charge is -2.13. The quantitative estimate of drug-likeness (QED) is 0.726. The summed E-state index contributed by atoms with van der Waals surface area (Å²) in [6.07, 6.45) is 0. The molecule has 0 spiro atoms. The van der Waals surface area contributed by atoms with Crippen LogP contribution < -0.4 is 10.1 Å². The third kappa shape index (κ3) is 3.21. The van der Waals surface area contributed by atoms with Gasteiger partial charge in [-0.25, -0.2) is 0 Å². The summed E-state index contributed by atoms with van der Waals surface area (Å²) in [7, 11) is 1.95. The number of fused-ring (bicyclic) bond motifs is 1. The molecular formula is C17H16ClNOS. The van der Waals surface area contributed by atoms with Gasteiger partial charge < -0.3 is 10.1 Å². The van der Waals surface area contributed by atoms with Crippen molar-refractivity contribution in [1.29, 1.82) is 0 Å². The van der Waals surface area contributed by atoms with E-state index in [1.54, 1.807) is 11.3 Å². The van der Waals surface area contributed by atoms with Crippen LogP contribution in [0.3, 0.4) is 0 Å². The molecule has 0 fully saturated rings. The molecular weight excluding hydrogens is 302 g/mol. The largest absolute Gasteiger partial charge is 0.488 e. The summed E-state index contributed by atoms with van der Waals surface area (Å²) in [5.74, 6) is 0.924. The van der Waals surface area contributed by atoms with Crippen molar-refractivity contribution in [2.24, 2.45) is 0 Å². The molecule has 0 saturated heterocycles. The van der Waals surface area contributed by atoms with Crippen LogP contribution in [-0.2, 0) is 13.2 Å². The van der Waals surface area contributed by atoms with Gasteiger partial charge in [-0.2, -0.15) is 0 Å². The minimum atomic E-state index is 0.548. The lowest BCUT2D eigenvalue weighted by atomic mass is 10.0. The van der Waals surface area contributed by atoms with Crippen LogP contribution in [0.5, 0.6) is 5.75 Å². The highest BCUT2D eigenvalue weighted by atomic mass is 35.5. The third-order valence-electron chi connectivity index (χ3n) is 3.35. The Labute approximate surface area is 133 Å². The molecule has 1 aromatic heterocycles. The summed E-state index contributed by atoms with van der Waals surface area (Å²) in [6.45, 7) is 1.33. The van der Waals surface area contributed by atoms with E-state index in [0.717, 1.165) is 21.5 Å². The average molecular weight is 318 g/mol. The highest BCUT2D eigenvalue weighted by Gasteiger charge is 2.09. The second kappa shape index (κ2) is 6.48. The van der Waals surface area contributed by atoms with E-state index in [4.69, 9.17) is 16.3 Å². The molecule has 2 aromatic carbocycles. The van der Waals surface area contributed by atoms with Gasteiger partial charge in [0, 0.05) is 17.0 Å². The molecule has 1 heterocycles. The zero-order valence-electron chi connectivity index (χ0n) is 11.7. The van der Waals surface area contributed by atoms with E-state index in [2.05, 4.69) is 35.6 Å². The number of hydrogen-bond acceptors (Lipinski definition) is 3. The Morgan fingerprint density at radius 2 is 1.95 bits per heavy atom. The Balaban J connectivity index is 1.91. The van der Waals surface area contributed by atoms with Gasteiger partial charge in [0.15, 0.2) is 0 Å². The summed E-state index contributed by atoms with van der Waals surface area (Å²) in [4.78, 5) is 1.13. The normalized spacial score (nSPS) is 11.0. The molecule has 0 unspecified atom stereocenters. The number of halogens is 1. The van der Waals surface area contributed by atoms with Crippen molar-refractivity contribution in [2.45, 2.75) is 13.2 Å². The number of nitrogens with one attached hydrogen (secondary N) is 1. The molecule has 0 aliphatic rings. The van der Waals surface area contributed by atoms with E-state index in [-0.39, 0.29) is 0 Å². The van der Waals surface area contributed by atoms with E-state index < -0.39 is 0 Å². The maximum Gasteiger partial charge on any atom is 0.124 e. The predicted octanol–water partition coefficient (Wildman–Crippen LogP) is 4.85. The number of ether oxygens (including phenoxy) is 1. The van der Waals surface area contributed by atoms with Crippen molar-refractivity contribution in [3.8, 4) is 5.75 Å². The fourth-order valence-corrected chi connectivity index (χ4v) is 3.39. The molecule has 0 bridgehead atoms. The van der Waals surface area contributed by atoms with Gasteiger partial charge in [0.2, 0.25) is 0 Å². The highest BCUT2D eigenvalue weighted by Crippen LogP contribution is 2.29. The SMILES string of the molecule is CNCc1c(OCc2ccc(Cl)s2)ccc2ccccc12. The monoisotopic (exact) mass is 317 g/mol. The lowest BCUT2D eigenvalue weighted by Crippen LogP contribution is -2.08. The first-order chi connectivity index (χ1) is 10.3. The Hall–Kier alpha value is -1.55. The van der Waals surface area contributed by atoms with Crippen molar-refractivity contribution in [3.05, 3.63) is 63.3 Å². The molecule has 0 aliphatic carbocycles. The van der Waals surface area contributed by atoms with Crippen molar-refractivity contribution in [3.63, 3.8) is 0 Å². The van der Waals surface area contributed by atoms with E-state index >= 15 is 0 Å². The summed E-state index contributed by atoms with van der Waals surface area (Å²) in [6, 6.07) is 16.4. The second-order valence-corrected chi connectivity index (χ2v) is 6.59. The summed E-state index contributed by atoms with van der Waals surface area (Å²) < 4.78 is 6.80. The van der Waals surface area contributed by atoms with Crippen LogP contribution in [0, 0.1) is 0 Å². The molecule has 0 saturated carbocycles. The number of thiophene rings is 1. The molecule has 3 rings (SSSR count). The second-order valence-electron chi connectivity index (χ2n) is 4.79. The summed E-state index contributed by atoms with van der Waals surface area (Å²) in [5.41, 5.74) is 1.19. The first-order valence-electron chi connectivity index (χ1n) is 6.80. The molecule has 0 atom stereocenters. The van der Waals surface area contributed by atoms with E-state index in [1.165, 1.54) is 16.3 Å². The Morgan fingerprint density at radius 1 is 1.10 bits per heavy atom. The molecule has 4 heteroatoms. The van der Waals surface area contributed by atoms with Gasteiger partial charge in [-0.1, -0.05) is 41.9 Å². The van der Waals surface area contributed by atoms with E-state index in [1.807, 2.05) is 25.2 Å². The standard InChI is InChI=1S/C17H16ClNOS/c1-19-10-15-14-5-3-2-4-12(14)6-8-16(15)20-11-13-7-9-17(18)21-13/h2-9,19H,10-11H2,1H3. The van der Waals surface area contributed by atoms with Gasteiger partial charge in [0.1, 0.15) is 12.4 Å². The van der Waals surface area contributed by atoms with E-state index in [0.29, 0.717) is 6.61 Å². The molecule has 0 amide bonds. The maximum atomic E-state index is 6.01. The molecule has 2 nitrogen and oxygen atoms in total. The molecule has 21 heavy (non-hydrogen) atoms. The number of rotatable bonds is 5. The molecule has 0 aliphatic heterocycles. The van der Waals surface area contributed by atoms with Crippen LogP contribution in [0.4, 0.5) is 0 Å². The third-order valence-corrected chi connectivity index (χ3v) is 4.55. The fourth-order valence-electron chi connectivity index (χ4n) is 2.39. The van der Waals surface area contributed by atoms with Crippen LogP contribution in [-0.4, -0.2) is 7.05 Å². The highest BCUT2D eigenvalue weighted by molar-refractivity contribution is 7.16. The van der Waals surface area contributed by atoms with Gasteiger partial charge in [-0.05, 0) is 36.0 Å². The van der Waals surface area contributed by atoms with E-state index in [9.17, 15) is 0 Å². The zero-order valence-corrected chi connectivity index (χ0v) is 13.3. The lowest BCUT2D eigenvalue weighted by molar-refractivity contribution is 0.306. The topological polar surface area (TPSA) is 21.3 Å². The van der Waals surface area contributed by atoms with Crippen LogP contribution in [0.15, 0.2) is 48.5 Å². The van der Waals surface area contributed by atoms with Crippen molar-refractivity contribution in [1.82, 2.24) is 5.32 Å². The van der Waals surface area contributed by atoms with Crippen molar-refractivity contribution >= 4 is 33.7 Å². The van der Waals surface area contributed by atoms with Gasteiger partial charge in [-0.15, -0.1) is 11.3 Å². The van der Waals surface area contributed by atoms with Crippen LogP contribution in [0.25, 0.3) is 10.8 Å². The Kier molecular flexibility index (Phi) is 4.44. The van der Waals surface area contributed by atoms with Gasteiger partial charge >= 0.3 is 0 Å². The average Bonchev–Trinajstić information content (AvgIpc) is 2.92. The van der Waals surface area contributed by atoms with Crippen LogP contribution in [0.1, 0.15) is 10.4 Å². The van der Waals surface area contributed by atoms with Gasteiger partial charge in [0.25, 0.3) is 0 Å². The smallest absolute Gasteiger partial charge is 0.124 e. The Morgan fingerprint density at radius 3 is 2.71 bits per heavy atom. The Bertz CT molecular complexity index is 753. The molecule has 3 aromatic rings. The first-order valence-corrected chi connectivity index (χ1v) is 7.99. The number of hydrogen-bond donors (Lipinski definition) is 1. The van der Waals surface area contributed by atoms with Crippen molar-refractivity contribution < 1.29 is 4.74 Å². The van der Waals surface area contributed by atoms with Crippen molar-refractivity contribution in [2.75, 3.05) is 7.05 Å². The van der Waals surface area contributed by atoms with Crippen LogP contribution in [0.2, 0.25) is 4.34 Å². The van der Waals surface area contributed by atoms with Crippen LogP contribution >= 0.6 is 22.9 Å². The summed E-state index contributed by atoms with van der Waals surface area (Å²) in [5, 5.41) is 5.68. The van der Waals surface area contributed by atoms with Gasteiger partial charge in [-0.3, -0.25) is 0 Å². The minimum Gasteiger partial charge on any atom is -0.488 e. The zero-order chi connectivity index (χ0) is 14.7. The molecule has 1 N–H and O–H groups in total. The maximum absolute atomic E-state index is 6.01. The summed E-state index contributed by atoms with van der Waals surface area (Å²) >= 11 is 7.51. The number of benzene rings is 2. The predicted molar refractivity (Wildman–Crippen MR) is 90.4 cm³/mol. The molecule has 0 radical (unpaired) electrons. The molecule has 108 valence electrons.